The van der Waals surface area contributed by atoms with Gasteiger partial charge in [-0.05, 0) is 44.2 Å². The fourth-order valence-electron chi connectivity index (χ4n) is 3.89. The maximum absolute atomic E-state index is 14.4. The van der Waals surface area contributed by atoms with Gasteiger partial charge in [0.15, 0.2) is 5.96 Å². The summed E-state index contributed by atoms with van der Waals surface area (Å²) in [6.07, 6.45) is 3.03. The van der Waals surface area contributed by atoms with Crippen LogP contribution in [0.5, 0.6) is 0 Å². The first-order valence-electron chi connectivity index (χ1n) is 11.3. The molecule has 1 aromatic carbocycles. The normalized spacial score (nSPS) is 18.1. The smallest absolute Gasteiger partial charge is 0.409 e. The van der Waals surface area contributed by atoms with Crippen LogP contribution in [0.4, 0.5) is 9.18 Å². The minimum absolute atomic E-state index is 0.0245. The predicted molar refractivity (Wildman–Crippen MR) is 121 cm³/mol. The summed E-state index contributed by atoms with van der Waals surface area (Å²) < 4.78 is 19.4. The fraction of sp³-hybridized carbons (Fsp3) is 0.609. The summed E-state index contributed by atoms with van der Waals surface area (Å²) in [6, 6.07) is 7.01. The number of carbonyl (C=O) groups excluding carboxylic acids is 2. The lowest BCUT2D eigenvalue weighted by atomic mass is 9.95. The topological polar surface area (TPSA) is 86.3 Å². The molecule has 2 amide bonds. The number of nitrogens with one attached hydrogen (secondary N) is 2. The number of hydrogen-bond donors (Lipinski definition) is 2. The number of carbonyl (C=O) groups is 2. The van der Waals surface area contributed by atoms with E-state index in [1.807, 2.05) is 12.1 Å². The molecule has 1 heterocycles. The Hall–Kier alpha value is -2.84. The molecule has 32 heavy (non-hydrogen) atoms. The first kappa shape index (κ1) is 23.8. The van der Waals surface area contributed by atoms with Gasteiger partial charge in [0, 0.05) is 45.2 Å². The van der Waals surface area contributed by atoms with Crippen LogP contribution < -0.4 is 10.6 Å². The fourth-order valence-corrected chi connectivity index (χ4v) is 3.89. The van der Waals surface area contributed by atoms with Gasteiger partial charge in [-0.25, -0.2) is 14.2 Å². The Kier molecular flexibility index (Phi) is 7.93. The number of nitrogens with zero attached hydrogens (tertiary/aromatic N) is 3. The number of halogens is 1. The van der Waals surface area contributed by atoms with Crippen molar-refractivity contribution in [3.8, 4) is 0 Å². The van der Waals surface area contributed by atoms with E-state index >= 15 is 0 Å². The molecule has 2 fully saturated rings. The number of amides is 2. The summed E-state index contributed by atoms with van der Waals surface area (Å²) in [7, 11) is 3.39. The molecular formula is C23H34FN5O3. The van der Waals surface area contributed by atoms with E-state index in [1.54, 1.807) is 32.0 Å². The highest BCUT2D eigenvalue weighted by Gasteiger charge is 2.46. The summed E-state index contributed by atoms with van der Waals surface area (Å²) in [4.78, 5) is 31.7. The maximum atomic E-state index is 14.4. The maximum Gasteiger partial charge on any atom is 0.409 e. The van der Waals surface area contributed by atoms with E-state index in [9.17, 15) is 14.0 Å². The average molecular weight is 448 g/mol. The first-order chi connectivity index (χ1) is 15.3. The van der Waals surface area contributed by atoms with Gasteiger partial charge < -0.3 is 25.2 Å². The van der Waals surface area contributed by atoms with Crippen molar-refractivity contribution in [2.75, 3.05) is 46.9 Å². The average Bonchev–Trinajstić information content (AvgIpc) is 3.57. The minimum atomic E-state index is -0.282. The second-order valence-corrected chi connectivity index (χ2v) is 8.67. The third-order valence-corrected chi connectivity index (χ3v) is 6.13. The van der Waals surface area contributed by atoms with E-state index in [0.717, 1.165) is 31.2 Å². The molecule has 0 spiro atoms. The lowest BCUT2D eigenvalue weighted by Gasteiger charge is -2.32. The quantitative estimate of drug-likeness (QED) is 0.494. The number of ether oxygens (including phenoxy) is 1. The minimum Gasteiger partial charge on any atom is -0.450 e. The Morgan fingerprint density at radius 1 is 1.25 bits per heavy atom. The molecule has 1 saturated carbocycles. The Morgan fingerprint density at radius 3 is 2.53 bits per heavy atom. The Bertz CT molecular complexity index is 833. The van der Waals surface area contributed by atoms with E-state index in [2.05, 4.69) is 15.6 Å². The van der Waals surface area contributed by atoms with Crippen LogP contribution in [-0.2, 0) is 14.9 Å². The van der Waals surface area contributed by atoms with Crippen molar-refractivity contribution in [2.24, 2.45) is 4.99 Å². The van der Waals surface area contributed by atoms with Gasteiger partial charge in [-0.3, -0.25) is 4.79 Å². The van der Waals surface area contributed by atoms with Crippen LogP contribution in [0.1, 0.15) is 38.2 Å². The van der Waals surface area contributed by atoms with Crippen molar-refractivity contribution in [3.05, 3.63) is 35.6 Å². The van der Waals surface area contributed by atoms with E-state index in [-0.39, 0.29) is 35.8 Å². The Balaban J connectivity index is 1.62. The zero-order valence-electron chi connectivity index (χ0n) is 19.2. The molecule has 1 aliphatic carbocycles. The Morgan fingerprint density at radius 2 is 1.94 bits per heavy atom. The van der Waals surface area contributed by atoms with Crippen LogP contribution in [0.2, 0.25) is 0 Å². The van der Waals surface area contributed by atoms with Crippen LogP contribution in [-0.4, -0.2) is 80.7 Å². The van der Waals surface area contributed by atoms with Crippen molar-refractivity contribution < 1.29 is 18.7 Å². The molecule has 3 rings (SSSR count). The van der Waals surface area contributed by atoms with Gasteiger partial charge in [0.2, 0.25) is 5.91 Å². The highest BCUT2D eigenvalue weighted by molar-refractivity contribution is 5.85. The Labute approximate surface area is 189 Å². The zero-order valence-corrected chi connectivity index (χ0v) is 19.2. The van der Waals surface area contributed by atoms with Gasteiger partial charge >= 0.3 is 6.09 Å². The molecule has 2 aliphatic rings. The SMILES string of the molecule is CCOC(=O)N1CCC(NC(=NCC(=O)N(C)C)NCC2(c3ccccc3F)CC2)CC1. The van der Waals surface area contributed by atoms with Crippen molar-refractivity contribution in [2.45, 2.75) is 44.1 Å². The van der Waals surface area contributed by atoms with E-state index < -0.39 is 0 Å². The predicted octanol–water partition coefficient (Wildman–Crippen LogP) is 2.10. The third-order valence-electron chi connectivity index (χ3n) is 6.13. The van der Waals surface area contributed by atoms with Crippen LogP contribution >= 0.6 is 0 Å². The van der Waals surface area contributed by atoms with Gasteiger partial charge in [0.05, 0.1) is 6.61 Å². The molecule has 0 radical (unpaired) electrons. The number of piperidine rings is 1. The number of likely N-dealkylation sites (N-methyl/N-ethyl adjacent to an activating group) is 1. The molecule has 1 aromatic rings. The highest BCUT2D eigenvalue weighted by Crippen LogP contribution is 2.48. The molecule has 0 unspecified atom stereocenters. The monoisotopic (exact) mass is 447 g/mol. The lowest BCUT2D eigenvalue weighted by Crippen LogP contribution is -2.51. The second kappa shape index (κ2) is 10.7. The van der Waals surface area contributed by atoms with Gasteiger partial charge in [-0.1, -0.05) is 18.2 Å². The molecule has 0 bridgehead atoms. The molecule has 176 valence electrons. The second-order valence-electron chi connectivity index (χ2n) is 8.67. The summed E-state index contributed by atoms with van der Waals surface area (Å²) in [6.45, 7) is 3.92. The molecule has 1 aliphatic heterocycles. The first-order valence-corrected chi connectivity index (χ1v) is 11.3. The van der Waals surface area contributed by atoms with Crippen LogP contribution in [0.15, 0.2) is 29.3 Å². The summed E-state index contributed by atoms with van der Waals surface area (Å²) >= 11 is 0. The molecule has 9 heteroatoms. The van der Waals surface area contributed by atoms with Crippen LogP contribution in [0.25, 0.3) is 0 Å². The van der Waals surface area contributed by atoms with Gasteiger partial charge in [-0.15, -0.1) is 0 Å². The zero-order chi connectivity index (χ0) is 23.1. The molecule has 2 N–H and O–H groups in total. The van der Waals surface area contributed by atoms with E-state index in [4.69, 9.17) is 4.74 Å². The van der Waals surface area contributed by atoms with Crippen molar-refractivity contribution in [1.82, 2.24) is 20.4 Å². The number of likely N-dealkylation sites (tertiary alicyclic amines) is 1. The highest BCUT2D eigenvalue weighted by atomic mass is 19.1. The van der Waals surface area contributed by atoms with Gasteiger partial charge in [0.25, 0.3) is 0 Å². The third kappa shape index (κ3) is 6.11. The standard InChI is InChI=1S/C23H34FN5O3/c1-4-32-22(31)29-13-9-17(10-14-29)27-21(25-15-20(30)28(2)3)26-16-23(11-12-23)18-7-5-6-8-19(18)24/h5-8,17H,4,9-16H2,1-3H3,(H2,25,26,27). The molecule has 0 aromatic heterocycles. The molecular weight excluding hydrogens is 413 g/mol. The van der Waals surface area contributed by atoms with Crippen molar-refractivity contribution in [1.29, 1.82) is 0 Å². The van der Waals surface area contributed by atoms with Crippen molar-refractivity contribution in [3.63, 3.8) is 0 Å². The largest absolute Gasteiger partial charge is 0.450 e. The molecule has 0 atom stereocenters. The van der Waals surface area contributed by atoms with Gasteiger partial charge in [-0.2, -0.15) is 0 Å². The van der Waals surface area contributed by atoms with E-state index in [0.29, 0.717) is 32.2 Å². The number of rotatable bonds is 7. The summed E-state index contributed by atoms with van der Waals surface area (Å²) in [5, 5.41) is 6.74. The lowest BCUT2D eigenvalue weighted by molar-refractivity contribution is -0.127. The van der Waals surface area contributed by atoms with Crippen LogP contribution in [0.3, 0.4) is 0 Å². The molecule has 1 saturated heterocycles. The summed E-state index contributed by atoms with van der Waals surface area (Å²) in [5.74, 6) is 0.253. The number of hydrogen-bond acceptors (Lipinski definition) is 4. The number of aliphatic imine (C=N–C) groups is 1. The van der Waals surface area contributed by atoms with Gasteiger partial charge in [0.1, 0.15) is 12.4 Å². The van der Waals surface area contributed by atoms with E-state index in [1.165, 1.54) is 11.0 Å². The molecule has 8 nitrogen and oxygen atoms in total. The van der Waals surface area contributed by atoms with Crippen molar-refractivity contribution >= 4 is 18.0 Å². The number of guanidine groups is 1. The van der Waals surface area contributed by atoms with Crippen LogP contribution in [0, 0.1) is 5.82 Å². The number of benzene rings is 1. The summed E-state index contributed by atoms with van der Waals surface area (Å²) in [5.41, 5.74) is 0.478.